The Kier molecular flexibility index (Phi) is 4.67. The van der Waals surface area contributed by atoms with Gasteiger partial charge < -0.3 is 4.74 Å². The van der Waals surface area contributed by atoms with Crippen molar-refractivity contribution in [3.05, 3.63) is 52.8 Å². The van der Waals surface area contributed by atoms with Gasteiger partial charge in [0.25, 0.3) is 0 Å². The standard InChI is InChI=1S/C15H12BrCl3N2O2/c16-11-4-2-10(3-5-11)14(13(22)23-9-15(17,18)19)8-12(14)21-7-1-6-20-21/h1-7,12H,8-9H2/t12-,14+/m0/s1. The van der Waals surface area contributed by atoms with Crippen LogP contribution in [-0.2, 0) is 14.9 Å². The van der Waals surface area contributed by atoms with E-state index in [-0.39, 0.29) is 12.6 Å². The molecule has 2 atom stereocenters. The van der Waals surface area contributed by atoms with Crippen molar-refractivity contribution in [1.29, 1.82) is 0 Å². The Morgan fingerprint density at radius 3 is 2.65 bits per heavy atom. The lowest BCUT2D eigenvalue weighted by Gasteiger charge is -2.19. The van der Waals surface area contributed by atoms with Crippen LogP contribution in [0.2, 0.25) is 0 Å². The van der Waals surface area contributed by atoms with Gasteiger partial charge in [0, 0.05) is 16.9 Å². The molecule has 1 saturated carbocycles. The Labute approximate surface area is 156 Å². The van der Waals surface area contributed by atoms with Gasteiger partial charge in [0.05, 0.1) is 6.04 Å². The summed E-state index contributed by atoms with van der Waals surface area (Å²) in [4.78, 5) is 12.7. The topological polar surface area (TPSA) is 44.1 Å². The number of esters is 1. The van der Waals surface area contributed by atoms with Crippen LogP contribution in [0.4, 0.5) is 0 Å². The number of nitrogens with zero attached hydrogens (tertiary/aromatic N) is 2. The Morgan fingerprint density at radius 2 is 2.09 bits per heavy atom. The third-order valence-corrected chi connectivity index (χ3v) is 4.71. The summed E-state index contributed by atoms with van der Waals surface area (Å²) in [6.07, 6.45) is 4.10. The van der Waals surface area contributed by atoms with E-state index in [0.29, 0.717) is 6.42 Å². The highest BCUT2D eigenvalue weighted by Crippen LogP contribution is 2.58. The van der Waals surface area contributed by atoms with E-state index in [1.54, 1.807) is 10.9 Å². The van der Waals surface area contributed by atoms with Crippen molar-refractivity contribution < 1.29 is 9.53 Å². The van der Waals surface area contributed by atoms with Crippen LogP contribution in [0.5, 0.6) is 0 Å². The lowest BCUT2D eigenvalue weighted by Crippen LogP contribution is -2.29. The van der Waals surface area contributed by atoms with Crippen LogP contribution in [0.25, 0.3) is 0 Å². The average molecular weight is 439 g/mol. The lowest BCUT2D eigenvalue weighted by molar-refractivity contribution is -0.147. The third kappa shape index (κ3) is 3.53. The normalized spacial score (nSPS) is 23.6. The summed E-state index contributed by atoms with van der Waals surface area (Å²) in [7, 11) is 0. The molecule has 0 saturated heterocycles. The molecule has 0 unspecified atom stereocenters. The Bertz CT molecular complexity index is 701. The number of hydrogen-bond acceptors (Lipinski definition) is 3. The molecule has 0 amide bonds. The first kappa shape index (κ1) is 17.1. The summed E-state index contributed by atoms with van der Waals surface area (Å²) in [6, 6.07) is 9.27. The molecule has 4 nitrogen and oxygen atoms in total. The molecule has 0 spiro atoms. The summed E-state index contributed by atoms with van der Waals surface area (Å²) >= 11 is 20.4. The molecule has 0 bridgehead atoms. The number of rotatable bonds is 4. The van der Waals surface area contributed by atoms with Gasteiger partial charge in [-0.15, -0.1) is 0 Å². The Hall–Kier alpha value is -0.750. The third-order valence-electron chi connectivity index (χ3n) is 3.86. The molecule has 122 valence electrons. The molecule has 2 aromatic rings. The molecular formula is C15H12BrCl3N2O2. The first-order chi connectivity index (χ1) is 10.8. The van der Waals surface area contributed by atoms with Gasteiger partial charge in [-0.25, -0.2) is 0 Å². The van der Waals surface area contributed by atoms with Gasteiger partial charge in [-0.1, -0.05) is 62.9 Å². The average Bonchev–Trinajstić information content (AvgIpc) is 3.01. The first-order valence-corrected chi connectivity index (χ1v) is 8.75. The zero-order valence-corrected chi connectivity index (χ0v) is 15.6. The number of carbonyl (C=O) groups is 1. The molecule has 8 heteroatoms. The molecule has 0 radical (unpaired) electrons. The molecule has 1 aromatic heterocycles. The van der Waals surface area contributed by atoms with Crippen molar-refractivity contribution in [2.45, 2.75) is 21.7 Å². The van der Waals surface area contributed by atoms with Crippen molar-refractivity contribution in [2.24, 2.45) is 0 Å². The molecule has 1 aliphatic carbocycles. The fourth-order valence-electron chi connectivity index (χ4n) is 2.70. The number of benzene rings is 1. The van der Waals surface area contributed by atoms with E-state index in [2.05, 4.69) is 21.0 Å². The van der Waals surface area contributed by atoms with Crippen molar-refractivity contribution in [2.75, 3.05) is 6.61 Å². The van der Waals surface area contributed by atoms with Crippen LogP contribution in [-0.4, -0.2) is 26.1 Å². The first-order valence-electron chi connectivity index (χ1n) is 6.82. The number of carbonyl (C=O) groups excluding carboxylic acids is 1. The van der Waals surface area contributed by atoms with E-state index < -0.39 is 15.2 Å². The molecule has 0 aliphatic heterocycles. The van der Waals surface area contributed by atoms with Gasteiger partial charge in [-0.3, -0.25) is 9.48 Å². The fourth-order valence-corrected chi connectivity index (χ4v) is 3.13. The second kappa shape index (κ2) is 6.28. The van der Waals surface area contributed by atoms with Gasteiger partial charge in [0.1, 0.15) is 12.0 Å². The number of ether oxygens (including phenoxy) is 1. The smallest absolute Gasteiger partial charge is 0.319 e. The van der Waals surface area contributed by atoms with E-state index in [1.165, 1.54) is 0 Å². The quantitative estimate of drug-likeness (QED) is 0.524. The van der Waals surface area contributed by atoms with E-state index in [9.17, 15) is 4.79 Å². The lowest BCUT2D eigenvalue weighted by atomic mass is 9.95. The van der Waals surface area contributed by atoms with Crippen LogP contribution < -0.4 is 0 Å². The zero-order valence-electron chi connectivity index (χ0n) is 11.8. The van der Waals surface area contributed by atoms with Gasteiger partial charge in [0.15, 0.2) is 0 Å². The molecule has 1 aliphatic rings. The minimum atomic E-state index is -1.63. The largest absolute Gasteiger partial charge is 0.460 e. The second-order valence-corrected chi connectivity index (χ2v) is 8.81. The fraction of sp³-hybridized carbons (Fsp3) is 0.333. The predicted molar refractivity (Wildman–Crippen MR) is 93.0 cm³/mol. The van der Waals surface area contributed by atoms with Crippen LogP contribution in [0.3, 0.4) is 0 Å². The van der Waals surface area contributed by atoms with Crippen LogP contribution in [0.1, 0.15) is 18.0 Å². The Morgan fingerprint density at radius 1 is 1.39 bits per heavy atom. The Balaban J connectivity index is 1.89. The molecule has 23 heavy (non-hydrogen) atoms. The molecule has 1 aromatic carbocycles. The maximum absolute atomic E-state index is 12.7. The molecule has 1 fully saturated rings. The van der Waals surface area contributed by atoms with Crippen molar-refractivity contribution in [3.8, 4) is 0 Å². The van der Waals surface area contributed by atoms with E-state index >= 15 is 0 Å². The maximum Gasteiger partial charge on any atom is 0.319 e. The highest BCUT2D eigenvalue weighted by Gasteiger charge is 2.64. The summed E-state index contributed by atoms with van der Waals surface area (Å²) in [5.41, 5.74) is 0.0540. The number of hydrogen-bond donors (Lipinski definition) is 0. The minimum Gasteiger partial charge on any atom is -0.460 e. The van der Waals surface area contributed by atoms with E-state index in [4.69, 9.17) is 39.5 Å². The SMILES string of the molecule is O=C(OCC(Cl)(Cl)Cl)[C@@]1(c2ccc(Br)cc2)C[C@@H]1n1cccn1. The minimum absolute atomic E-state index is 0.110. The summed E-state index contributed by atoms with van der Waals surface area (Å²) in [6.45, 7) is -0.291. The van der Waals surface area contributed by atoms with Crippen molar-refractivity contribution in [1.82, 2.24) is 9.78 Å². The van der Waals surface area contributed by atoms with Gasteiger partial charge in [-0.05, 0) is 30.2 Å². The van der Waals surface area contributed by atoms with E-state index in [0.717, 1.165) is 10.0 Å². The van der Waals surface area contributed by atoms with Crippen molar-refractivity contribution >= 4 is 56.7 Å². The van der Waals surface area contributed by atoms with Gasteiger partial charge in [-0.2, -0.15) is 5.10 Å². The van der Waals surface area contributed by atoms with Crippen LogP contribution in [0, 0.1) is 0 Å². The monoisotopic (exact) mass is 436 g/mol. The summed E-state index contributed by atoms with van der Waals surface area (Å²) in [5, 5.41) is 4.23. The maximum atomic E-state index is 12.7. The zero-order chi connectivity index (χ0) is 16.7. The number of halogens is 4. The highest BCUT2D eigenvalue weighted by atomic mass is 79.9. The molecular weight excluding hydrogens is 426 g/mol. The second-order valence-electron chi connectivity index (χ2n) is 5.38. The molecule has 1 heterocycles. The summed E-state index contributed by atoms with van der Waals surface area (Å²) < 4.78 is 6.32. The summed E-state index contributed by atoms with van der Waals surface area (Å²) in [5.74, 6) is -0.411. The number of aromatic nitrogens is 2. The molecule has 0 N–H and O–H groups in total. The van der Waals surface area contributed by atoms with Crippen LogP contribution in [0.15, 0.2) is 47.2 Å². The molecule has 3 rings (SSSR count). The van der Waals surface area contributed by atoms with Gasteiger partial charge >= 0.3 is 5.97 Å². The predicted octanol–water partition coefficient (Wildman–Crippen LogP) is 4.44. The van der Waals surface area contributed by atoms with Crippen LogP contribution >= 0.6 is 50.7 Å². The van der Waals surface area contributed by atoms with Gasteiger partial charge in [0.2, 0.25) is 3.79 Å². The highest BCUT2D eigenvalue weighted by molar-refractivity contribution is 9.10. The number of alkyl halides is 3. The van der Waals surface area contributed by atoms with E-state index in [1.807, 2.05) is 36.5 Å². The van der Waals surface area contributed by atoms with Crippen molar-refractivity contribution in [3.63, 3.8) is 0 Å².